The quantitative estimate of drug-likeness (QED) is 0.463. The molecular formula is C12H14FN. The van der Waals surface area contributed by atoms with Crippen LogP contribution in [0.3, 0.4) is 0 Å². The number of hydrogen-bond acceptors (Lipinski definition) is 1. The molecular weight excluding hydrogens is 177 g/mol. The van der Waals surface area contributed by atoms with Crippen LogP contribution in [0.5, 0.6) is 0 Å². The van der Waals surface area contributed by atoms with Crippen molar-refractivity contribution in [1.82, 2.24) is 0 Å². The highest BCUT2D eigenvalue weighted by Crippen LogP contribution is 2.17. The van der Waals surface area contributed by atoms with Gasteiger partial charge in [-0.1, -0.05) is 31.9 Å². The number of nitrogens with zero attached hydrogens (tertiary/aromatic N) is 1. The van der Waals surface area contributed by atoms with Crippen LogP contribution in [-0.2, 0) is 0 Å². The second-order valence-electron chi connectivity index (χ2n) is 2.80. The fourth-order valence-electron chi connectivity index (χ4n) is 0.677. The molecule has 2 heteroatoms. The molecule has 0 atom stereocenters. The van der Waals surface area contributed by atoms with Crippen LogP contribution in [0.4, 0.5) is 4.39 Å². The fourth-order valence-corrected chi connectivity index (χ4v) is 0.677. The van der Waals surface area contributed by atoms with Crippen molar-refractivity contribution in [2.45, 2.75) is 6.92 Å². The van der Waals surface area contributed by atoms with E-state index in [2.05, 4.69) is 31.3 Å². The Labute approximate surface area is 84.4 Å². The van der Waals surface area contributed by atoms with Crippen LogP contribution < -0.4 is 0 Å². The predicted molar refractivity (Wildman–Crippen MR) is 61.0 cm³/mol. The Morgan fingerprint density at radius 1 is 1.29 bits per heavy atom. The number of aliphatic imine (C=N–C) groups is 1. The minimum absolute atomic E-state index is 0.207. The molecule has 0 heterocycles. The lowest BCUT2D eigenvalue weighted by atomic mass is 10.1. The van der Waals surface area contributed by atoms with Crippen LogP contribution in [-0.4, -0.2) is 6.21 Å². The van der Waals surface area contributed by atoms with Crippen LogP contribution in [0.15, 0.2) is 66.1 Å². The molecule has 0 aliphatic rings. The predicted octanol–water partition coefficient (Wildman–Crippen LogP) is 3.74. The van der Waals surface area contributed by atoms with Crippen molar-refractivity contribution in [3.63, 3.8) is 0 Å². The first kappa shape index (κ1) is 12.3. The van der Waals surface area contributed by atoms with Crippen molar-refractivity contribution in [2.24, 2.45) is 4.99 Å². The van der Waals surface area contributed by atoms with Crippen LogP contribution in [0.2, 0.25) is 0 Å². The first-order valence-electron chi connectivity index (χ1n) is 4.04. The van der Waals surface area contributed by atoms with E-state index in [1.165, 1.54) is 18.5 Å². The summed E-state index contributed by atoms with van der Waals surface area (Å²) in [5.74, 6) is -0.446. The minimum Gasteiger partial charge on any atom is -0.265 e. The molecule has 0 aromatic heterocycles. The zero-order chi connectivity index (χ0) is 11.1. The van der Waals surface area contributed by atoms with E-state index in [0.29, 0.717) is 11.1 Å². The second kappa shape index (κ2) is 5.86. The minimum atomic E-state index is -0.446. The van der Waals surface area contributed by atoms with E-state index in [1.54, 1.807) is 6.92 Å². The lowest BCUT2D eigenvalue weighted by Gasteiger charge is -2.01. The van der Waals surface area contributed by atoms with Gasteiger partial charge in [-0.3, -0.25) is 4.99 Å². The summed E-state index contributed by atoms with van der Waals surface area (Å²) in [6.45, 7) is 15.8. The van der Waals surface area contributed by atoms with Gasteiger partial charge in [0.15, 0.2) is 0 Å². The van der Waals surface area contributed by atoms with Gasteiger partial charge in [-0.25, -0.2) is 4.39 Å². The van der Waals surface area contributed by atoms with Gasteiger partial charge in [-0.05, 0) is 18.6 Å². The molecule has 0 saturated heterocycles. The molecule has 0 aromatic carbocycles. The molecule has 1 nitrogen and oxygen atoms in total. The highest BCUT2D eigenvalue weighted by atomic mass is 19.1. The molecule has 0 bridgehead atoms. The summed E-state index contributed by atoms with van der Waals surface area (Å²) >= 11 is 0. The standard InChI is InChI=1S/C12H14FN/c1-6-14-8-10(4)11(5)12(13)7-9(2)3/h6-8H,1-2,4-5H2,3H3/b12-7+,14-8?. The Morgan fingerprint density at radius 2 is 1.86 bits per heavy atom. The highest BCUT2D eigenvalue weighted by molar-refractivity contribution is 5.85. The van der Waals surface area contributed by atoms with E-state index in [1.807, 2.05) is 0 Å². The lowest BCUT2D eigenvalue weighted by Crippen LogP contribution is -1.89. The van der Waals surface area contributed by atoms with Crippen molar-refractivity contribution in [3.8, 4) is 0 Å². The molecule has 0 aromatic rings. The van der Waals surface area contributed by atoms with E-state index in [4.69, 9.17) is 0 Å². The number of halogens is 1. The van der Waals surface area contributed by atoms with Crippen molar-refractivity contribution >= 4 is 6.21 Å². The van der Waals surface area contributed by atoms with Crippen molar-refractivity contribution in [3.05, 3.63) is 61.1 Å². The molecule has 74 valence electrons. The maximum atomic E-state index is 13.3. The van der Waals surface area contributed by atoms with Gasteiger partial charge in [-0.2, -0.15) is 0 Å². The van der Waals surface area contributed by atoms with E-state index >= 15 is 0 Å². The molecule has 0 aliphatic heterocycles. The van der Waals surface area contributed by atoms with Gasteiger partial charge in [0, 0.05) is 18.0 Å². The van der Waals surface area contributed by atoms with E-state index < -0.39 is 5.83 Å². The third-order valence-electron chi connectivity index (χ3n) is 1.38. The van der Waals surface area contributed by atoms with Crippen LogP contribution in [0, 0.1) is 0 Å². The third kappa shape index (κ3) is 4.36. The molecule has 0 aliphatic carbocycles. The van der Waals surface area contributed by atoms with E-state index in [-0.39, 0.29) is 5.57 Å². The lowest BCUT2D eigenvalue weighted by molar-refractivity contribution is 0.656. The average molecular weight is 191 g/mol. The van der Waals surface area contributed by atoms with Gasteiger partial charge in [0.1, 0.15) is 5.83 Å². The third-order valence-corrected chi connectivity index (χ3v) is 1.38. The monoisotopic (exact) mass is 191 g/mol. The molecule has 0 rings (SSSR count). The topological polar surface area (TPSA) is 12.4 Å². The summed E-state index contributed by atoms with van der Waals surface area (Å²) in [6, 6.07) is 0. The van der Waals surface area contributed by atoms with Crippen LogP contribution in [0.1, 0.15) is 6.92 Å². The molecule has 0 fully saturated rings. The van der Waals surface area contributed by atoms with Gasteiger partial charge in [0.05, 0.1) is 0 Å². The van der Waals surface area contributed by atoms with Gasteiger partial charge >= 0.3 is 0 Å². The molecule has 0 N–H and O–H groups in total. The summed E-state index contributed by atoms with van der Waals surface area (Å²) in [6.07, 6.45) is 4.05. The first-order valence-corrected chi connectivity index (χ1v) is 4.04. The van der Waals surface area contributed by atoms with Crippen molar-refractivity contribution in [1.29, 1.82) is 0 Å². The van der Waals surface area contributed by atoms with E-state index in [9.17, 15) is 4.39 Å². The molecule has 0 amide bonds. The molecule has 0 radical (unpaired) electrons. The largest absolute Gasteiger partial charge is 0.265 e. The second-order valence-corrected chi connectivity index (χ2v) is 2.80. The Kier molecular flexibility index (Phi) is 5.15. The zero-order valence-electron chi connectivity index (χ0n) is 8.39. The fraction of sp³-hybridized carbons (Fsp3) is 0.0833. The van der Waals surface area contributed by atoms with Gasteiger partial charge in [0.25, 0.3) is 0 Å². The molecule has 0 saturated carbocycles. The molecule has 0 unspecified atom stereocenters. The maximum Gasteiger partial charge on any atom is 0.130 e. The Hall–Kier alpha value is -1.70. The van der Waals surface area contributed by atoms with Crippen LogP contribution >= 0.6 is 0 Å². The summed E-state index contributed by atoms with van der Waals surface area (Å²) in [5.41, 5.74) is 1.25. The normalized spacial score (nSPS) is 11.4. The number of allylic oxidation sites excluding steroid dienone is 5. The Morgan fingerprint density at radius 3 is 2.29 bits per heavy atom. The van der Waals surface area contributed by atoms with Crippen molar-refractivity contribution < 1.29 is 4.39 Å². The SMILES string of the molecule is C=CN=CC(=C)C(=C)/C(F)=C\C(=C)C. The van der Waals surface area contributed by atoms with Crippen molar-refractivity contribution in [2.75, 3.05) is 0 Å². The Bertz CT molecular complexity index is 332. The number of rotatable bonds is 5. The Balaban J connectivity index is 4.63. The smallest absolute Gasteiger partial charge is 0.130 e. The maximum absolute atomic E-state index is 13.3. The number of hydrogen-bond donors (Lipinski definition) is 0. The van der Waals surface area contributed by atoms with Crippen LogP contribution in [0.25, 0.3) is 0 Å². The molecule has 14 heavy (non-hydrogen) atoms. The summed E-state index contributed by atoms with van der Waals surface area (Å²) in [7, 11) is 0. The van der Waals surface area contributed by atoms with Gasteiger partial charge < -0.3 is 0 Å². The van der Waals surface area contributed by atoms with E-state index in [0.717, 1.165) is 0 Å². The first-order chi connectivity index (χ1) is 6.49. The summed E-state index contributed by atoms with van der Waals surface area (Å²) in [4.78, 5) is 3.72. The zero-order valence-corrected chi connectivity index (χ0v) is 8.39. The van der Waals surface area contributed by atoms with Gasteiger partial charge in [-0.15, -0.1) is 0 Å². The van der Waals surface area contributed by atoms with Gasteiger partial charge in [0.2, 0.25) is 0 Å². The average Bonchev–Trinajstić information content (AvgIpc) is 2.11. The summed E-state index contributed by atoms with van der Waals surface area (Å²) < 4.78 is 13.3. The highest BCUT2D eigenvalue weighted by Gasteiger charge is 2.03. The summed E-state index contributed by atoms with van der Waals surface area (Å²) in [5, 5.41) is 0. The molecule has 0 spiro atoms.